The molecule has 5 nitrogen and oxygen atoms in total. The average molecular weight is 277 g/mol. The highest BCUT2D eigenvalue weighted by Gasteiger charge is 2.17. The van der Waals surface area contributed by atoms with Crippen LogP contribution in [-0.4, -0.2) is 37.4 Å². The van der Waals surface area contributed by atoms with E-state index in [0.29, 0.717) is 17.8 Å². The molecule has 0 bridgehead atoms. The topological polar surface area (TPSA) is 75.4 Å². The van der Waals surface area contributed by atoms with Gasteiger partial charge in [-0.1, -0.05) is 19.1 Å². The van der Waals surface area contributed by atoms with E-state index < -0.39 is 0 Å². The predicted molar refractivity (Wildman–Crippen MR) is 80.5 cm³/mol. The van der Waals surface area contributed by atoms with Gasteiger partial charge in [0.1, 0.15) is 0 Å². The van der Waals surface area contributed by atoms with E-state index in [9.17, 15) is 9.59 Å². The number of carbonyl (C=O) groups excluding carboxylic acids is 2. The number of benzene rings is 1. The number of anilines is 1. The number of nitrogens with two attached hydrogens (primary N) is 1. The van der Waals surface area contributed by atoms with Crippen LogP contribution in [0.5, 0.6) is 0 Å². The highest BCUT2D eigenvalue weighted by Crippen LogP contribution is 2.18. The summed E-state index contributed by atoms with van der Waals surface area (Å²) in [5, 5.41) is 2.83. The van der Waals surface area contributed by atoms with Crippen LogP contribution in [0.25, 0.3) is 0 Å². The third-order valence-corrected chi connectivity index (χ3v) is 3.11. The fourth-order valence-electron chi connectivity index (χ4n) is 1.83. The van der Waals surface area contributed by atoms with Gasteiger partial charge in [0.15, 0.2) is 0 Å². The molecule has 0 saturated heterocycles. The summed E-state index contributed by atoms with van der Waals surface area (Å²) in [5.74, 6) is -0.339. The van der Waals surface area contributed by atoms with Gasteiger partial charge in [0.25, 0.3) is 5.91 Å². The molecule has 1 atom stereocenters. The van der Waals surface area contributed by atoms with Crippen LogP contribution in [0.2, 0.25) is 0 Å². The van der Waals surface area contributed by atoms with Gasteiger partial charge < -0.3 is 16.0 Å². The van der Waals surface area contributed by atoms with Crippen molar-refractivity contribution in [2.45, 2.75) is 19.8 Å². The third kappa shape index (κ3) is 4.35. The molecule has 3 N–H and O–H groups in total. The van der Waals surface area contributed by atoms with E-state index in [2.05, 4.69) is 5.32 Å². The summed E-state index contributed by atoms with van der Waals surface area (Å²) in [4.78, 5) is 25.6. The summed E-state index contributed by atoms with van der Waals surface area (Å²) < 4.78 is 0. The van der Waals surface area contributed by atoms with Gasteiger partial charge in [-0.25, -0.2) is 0 Å². The second-order valence-corrected chi connectivity index (χ2v) is 5.07. The van der Waals surface area contributed by atoms with E-state index >= 15 is 0 Å². The quantitative estimate of drug-likeness (QED) is 0.831. The smallest absolute Gasteiger partial charge is 0.255 e. The Morgan fingerprint density at radius 1 is 1.30 bits per heavy atom. The van der Waals surface area contributed by atoms with Crippen molar-refractivity contribution in [2.24, 2.45) is 11.7 Å². The van der Waals surface area contributed by atoms with Crippen LogP contribution in [-0.2, 0) is 4.79 Å². The van der Waals surface area contributed by atoms with Crippen LogP contribution in [0.15, 0.2) is 24.3 Å². The van der Waals surface area contributed by atoms with Crippen molar-refractivity contribution in [1.29, 1.82) is 0 Å². The lowest BCUT2D eigenvalue weighted by Crippen LogP contribution is -2.26. The Labute approximate surface area is 120 Å². The van der Waals surface area contributed by atoms with Crippen molar-refractivity contribution in [3.63, 3.8) is 0 Å². The van der Waals surface area contributed by atoms with Crippen molar-refractivity contribution in [2.75, 3.05) is 26.0 Å². The molecule has 0 spiro atoms. The Morgan fingerprint density at radius 3 is 2.55 bits per heavy atom. The molecule has 1 unspecified atom stereocenters. The standard InChI is InChI=1S/C15H23N3O2/c1-11(7-6-10-16)14(19)17-13-9-5-4-8-12(13)15(20)18(2)3/h4-5,8-9,11H,6-7,10,16H2,1-3H3,(H,17,19). The molecule has 110 valence electrons. The first-order valence-electron chi connectivity index (χ1n) is 6.79. The van der Waals surface area contributed by atoms with Crippen LogP contribution < -0.4 is 11.1 Å². The second-order valence-electron chi connectivity index (χ2n) is 5.07. The van der Waals surface area contributed by atoms with Crippen LogP contribution in [0, 0.1) is 5.92 Å². The molecule has 1 aromatic carbocycles. The van der Waals surface area contributed by atoms with Crippen LogP contribution in [0.4, 0.5) is 5.69 Å². The van der Waals surface area contributed by atoms with E-state index in [1.165, 1.54) is 4.90 Å². The molecule has 0 aliphatic rings. The van der Waals surface area contributed by atoms with E-state index in [1.54, 1.807) is 38.4 Å². The third-order valence-electron chi connectivity index (χ3n) is 3.11. The summed E-state index contributed by atoms with van der Waals surface area (Å²) in [6.45, 7) is 2.44. The Morgan fingerprint density at radius 2 is 1.95 bits per heavy atom. The van der Waals surface area contributed by atoms with Gasteiger partial charge in [0.2, 0.25) is 5.91 Å². The monoisotopic (exact) mass is 277 g/mol. The van der Waals surface area contributed by atoms with Gasteiger partial charge in [-0.15, -0.1) is 0 Å². The zero-order valence-electron chi connectivity index (χ0n) is 12.3. The normalized spacial score (nSPS) is 11.8. The van der Waals surface area contributed by atoms with Crippen LogP contribution in [0.1, 0.15) is 30.1 Å². The maximum absolute atomic E-state index is 12.1. The number of carbonyl (C=O) groups is 2. The molecule has 0 heterocycles. The zero-order chi connectivity index (χ0) is 15.1. The Kier molecular flexibility index (Phi) is 6.18. The number of para-hydroxylation sites is 1. The number of nitrogens with zero attached hydrogens (tertiary/aromatic N) is 1. The Bertz CT molecular complexity index is 472. The SMILES string of the molecule is CC(CCCN)C(=O)Nc1ccccc1C(=O)N(C)C. The van der Waals surface area contributed by atoms with E-state index in [1.807, 2.05) is 6.92 Å². The first kappa shape index (κ1) is 16.2. The highest BCUT2D eigenvalue weighted by atomic mass is 16.2. The second kappa shape index (κ2) is 7.65. The fourth-order valence-corrected chi connectivity index (χ4v) is 1.83. The molecular weight excluding hydrogens is 254 g/mol. The average Bonchev–Trinajstić information content (AvgIpc) is 2.44. The summed E-state index contributed by atoms with van der Waals surface area (Å²) in [6.07, 6.45) is 1.55. The molecule has 5 heteroatoms. The number of hydrogen-bond donors (Lipinski definition) is 2. The first-order valence-corrected chi connectivity index (χ1v) is 6.79. The summed E-state index contributed by atoms with van der Waals surface area (Å²) in [5.41, 5.74) is 6.49. The molecule has 1 rings (SSSR count). The highest BCUT2D eigenvalue weighted by molar-refractivity contribution is 6.03. The lowest BCUT2D eigenvalue weighted by molar-refractivity contribution is -0.119. The molecule has 0 aromatic heterocycles. The minimum absolute atomic E-state index is 0.0857. The van der Waals surface area contributed by atoms with Crippen molar-refractivity contribution >= 4 is 17.5 Å². The lowest BCUT2D eigenvalue weighted by Gasteiger charge is -2.16. The predicted octanol–water partition coefficient (Wildman–Crippen LogP) is 1.70. The van der Waals surface area contributed by atoms with Crippen molar-refractivity contribution in [3.05, 3.63) is 29.8 Å². The molecule has 0 radical (unpaired) electrons. The van der Waals surface area contributed by atoms with E-state index in [0.717, 1.165) is 12.8 Å². The fraction of sp³-hybridized carbons (Fsp3) is 0.467. The van der Waals surface area contributed by atoms with Crippen molar-refractivity contribution in [1.82, 2.24) is 4.90 Å². The maximum Gasteiger partial charge on any atom is 0.255 e. The largest absolute Gasteiger partial charge is 0.345 e. The molecule has 1 aromatic rings. The minimum atomic E-state index is -0.129. The number of nitrogens with one attached hydrogen (secondary N) is 1. The van der Waals surface area contributed by atoms with Crippen molar-refractivity contribution in [3.8, 4) is 0 Å². The number of rotatable bonds is 6. The summed E-state index contributed by atoms with van der Waals surface area (Å²) in [6, 6.07) is 7.03. The molecule has 0 saturated carbocycles. The van der Waals surface area contributed by atoms with Gasteiger partial charge in [0.05, 0.1) is 11.3 Å². The van der Waals surface area contributed by atoms with Gasteiger partial charge in [-0.05, 0) is 31.5 Å². The number of amides is 2. The Balaban J connectivity index is 2.82. The number of hydrogen-bond acceptors (Lipinski definition) is 3. The maximum atomic E-state index is 12.1. The van der Waals surface area contributed by atoms with Gasteiger partial charge in [-0.2, -0.15) is 0 Å². The van der Waals surface area contributed by atoms with E-state index in [4.69, 9.17) is 5.73 Å². The van der Waals surface area contributed by atoms with Crippen molar-refractivity contribution < 1.29 is 9.59 Å². The molecule has 2 amide bonds. The molecular formula is C15H23N3O2. The lowest BCUT2D eigenvalue weighted by atomic mass is 10.0. The minimum Gasteiger partial charge on any atom is -0.345 e. The molecule has 0 aliphatic heterocycles. The molecule has 0 fully saturated rings. The summed E-state index contributed by atoms with van der Waals surface area (Å²) in [7, 11) is 3.37. The molecule has 20 heavy (non-hydrogen) atoms. The van der Waals surface area contributed by atoms with Gasteiger partial charge >= 0.3 is 0 Å². The molecule has 0 aliphatic carbocycles. The summed E-state index contributed by atoms with van der Waals surface area (Å²) >= 11 is 0. The van der Waals surface area contributed by atoms with Crippen LogP contribution in [0.3, 0.4) is 0 Å². The van der Waals surface area contributed by atoms with E-state index in [-0.39, 0.29) is 17.7 Å². The first-order chi connectivity index (χ1) is 9.47. The Hall–Kier alpha value is -1.88. The van der Waals surface area contributed by atoms with Gasteiger partial charge in [0, 0.05) is 20.0 Å². The van der Waals surface area contributed by atoms with Crippen LogP contribution >= 0.6 is 0 Å². The van der Waals surface area contributed by atoms with Gasteiger partial charge in [-0.3, -0.25) is 9.59 Å². The zero-order valence-corrected chi connectivity index (χ0v) is 12.3.